The number of hydrogen-bond donors (Lipinski definition) is 0. The Morgan fingerprint density at radius 2 is 0.759 bits per heavy atom. The Morgan fingerprint density at radius 3 is 0.828 bits per heavy atom. The second kappa shape index (κ2) is 23.1. The maximum atomic E-state index is 9.29. The fourth-order valence-corrected chi connectivity index (χ4v) is 1.41. The molecular formula is C21H21O2PS2Zn3. The first-order valence-electron chi connectivity index (χ1n) is 7.69. The van der Waals surface area contributed by atoms with Crippen LogP contribution in [0.1, 0.15) is 16.7 Å². The van der Waals surface area contributed by atoms with Crippen molar-refractivity contribution in [3.05, 3.63) is 108 Å². The van der Waals surface area contributed by atoms with Crippen molar-refractivity contribution < 1.29 is 68.2 Å². The van der Waals surface area contributed by atoms with Gasteiger partial charge in [-0.05, 0) is 0 Å². The van der Waals surface area contributed by atoms with Crippen LogP contribution in [0.25, 0.3) is 0 Å². The van der Waals surface area contributed by atoms with E-state index in [1.165, 1.54) is 16.7 Å². The summed E-state index contributed by atoms with van der Waals surface area (Å²) in [6, 6.07) is 32.4. The molecule has 29 heavy (non-hydrogen) atoms. The van der Waals surface area contributed by atoms with Crippen LogP contribution in [0, 0.1) is 39.0 Å². The van der Waals surface area contributed by atoms with Crippen LogP contribution in [0.4, 0.5) is 0 Å². The van der Waals surface area contributed by atoms with Crippen LogP contribution in [-0.2, 0) is 82.5 Å². The van der Waals surface area contributed by atoms with Crippen LogP contribution < -0.4 is 9.79 Å². The fourth-order valence-electron chi connectivity index (χ4n) is 1.41. The summed E-state index contributed by atoms with van der Waals surface area (Å²) in [4.78, 5) is 18.6. The predicted molar refractivity (Wildman–Crippen MR) is 112 cm³/mol. The molecule has 3 aromatic rings. The monoisotopic (exact) mass is 592 g/mol. The summed E-state index contributed by atoms with van der Waals surface area (Å²) < 4.78 is 0. The molecule has 0 aliphatic carbocycles. The Morgan fingerprint density at radius 1 is 0.621 bits per heavy atom. The second-order valence-electron chi connectivity index (χ2n) is 5.18. The van der Waals surface area contributed by atoms with Crippen LogP contribution in [-0.4, -0.2) is 0 Å². The van der Waals surface area contributed by atoms with E-state index in [0.29, 0.717) is 0 Å². The van der Waals surface area contributed by atoms with Gasteiger partial charge in [0.2, 0.25) is 0 Å². The second-order valence-corrected chi connectivity index (χ2v) is 9.65. The van der Waals surface area contributed by atoms with Crippen LogP contribution >= 0.6 is 5.69 Å². The number of rotatable bonds is 0. The van der Waals surface area contributed by atoms with Crippen molar-refractivity contribution in [2.75, 3.05) is 0 Å². The standard InChI is InChI=1S/3C7H7.H3O2PS2.3Zn/c3*1-7-5-3-2-4-6-7;1-3(2,4)5;;;/h3*3-6H,1H3;(H3,1,2,4,5);;;/q3*-1;;3*+2/p-3. The first-order chi connectivity index (χ1) is 12.2. The van der Waals surface area contributed by atoms with Gasteiger partial charge in [0.1, 0.15) is 0 Å². The predicted octanol–water partition coefficient (Wildman–Crippen LogP) is 3.86. The van der Waals surface area contributed by atoms with Crippen LogP contribution in [0.15, 0.2) is 72.8 Å². The van der Waals surface area contributed by atoms with Crippen molar-refractivity contribution in [2.45, 2.75) is 20.8 Å². The average Bonchev–Trinajstić information content (AvgIpc) is 2.57. The largest absolute Gasteiger partial charge is 2.00 e. The zero-order chi connectivity index (χ0) is 19.8. The molecule has 0 spiro atoms. The minimum atomic E-state index is -3.72. The van der Waals surface area contributed by atoms with Crippen molar-refractivity contribution in [2.24, 2.45) is 0 Å². The molecule has 0 radical (unpaired) electrons. The third-order valence-corrected chi connectivity index (χ3v) is 2.65. The van der Waals surface area contributed by atoms with Crippen LogP contribution in [0.2, 0.25) is 0 Å². The summed E-state index contributed by atoms with van der Waals surface area (Å²) in [5.74, 6) is 0. The molecule has 0 atom stereocenters. The molecule has 0 aliphatic rings. The Labute approximate surface area is 224 Å². The smallest absolute Gasteiger partial charge is 0.850 e. The van der Waals surface area contributed by atoms with Crippen molar-refractivity contribution in [1.29, 1.82) is 0 Å². The van der Waals surface area contributed by atoms with Crippen molar-refractivity contribution in [3.8, 4) is 0 Å². The van der Waals surface area contributed by atoms with Gasteiger partial charge in [-0.15, -0.1) is 0 Å². The van der Waals surface area contributed by atoms with Gasteiger partial charge in [0.15, 0.2) is 0 Å². The molecule has 0 bridgehead atoms. The number of aryl methyl sites for hydroxylation is 3. The summed E-state index contributed by atoms with van der Waals surface area (Å²) in [6.07, 6.45) is 0. The molecule has 140 valence electrons. The van der Waals surface area contributed by atoms with E-state index in [1.807, 2.05) is 72.8 Å². The average molecular weight is 597 g/mol. The zero-order valence-electron chi connectivity index (χ0n) is 17.1. The Hall–Kier alpha value is 0.450. The molecule has 0 aliphatic heterocycles. The minimum absolute atomic E-state index is 0. The topological polar surface area (TPSA) is 46.1 Å². The molecule has 0 heterocycles. The molecule has 0 saturated carbocycles. The van der Waals surface area contributed by atoms with E-state index in [0.717, 1.165) is 0 Å². The van der Waals surface area contributed by atoms with Gasteiger partial charge in [-0.25, -0.2) is 0 Å². The van der Waals surface area contributed by atoms with Gasteiger partial charge in [0.25, 0.3) is 0 Å². The van der Waals surface area contributed by atoms with E-state index in [1.54, 1.807) is 0 Å². The van der Waals surface area contributed by atoms with Gasteiger partial charge in [-0.1, -0.05) is 20.8 Å². The maximum Gasteiger partial charge on any atom is 2.00 e. The van der Waals surface area contributed by atoms with Gasteiger partial charge in [-0.3, -0.25) is 0 Å². The molecule has 8 heteroatoms. The van der Waals surface area contributed by atoms with Gasteiger partial charge in [-0.2, -0.15) is 119 Å². The molecule has 0 unspecified atom stereocenters. The van der Waals surface area contributed by atoms with Crippen molar-refractivity contribution >= 4 is 29.7 Å². The fraction of sp³-hybridized carbons (Fsp3) is 0.143. The molecule has 0 aromatic heterocycles. The van der Waals surface area contributed by atoms with E-state index in [4.69, 9.17) is 0 Å². The van der Waals surface area contributed by atoms with Crippen LogP contribution in [0.3, 0.4) is 0 Å². The molecule has 0 saturated heterocycles. The molecule has 0 amide bonds. The Balaban J connectivity index is -0.000000140. The minimum Gasteiger partial charge on any atom is -0.850 e. The summed E-state index contributed by atoms with van der Waals surface area (Å²) in [6.45, 7) is 6.19. The zero-order valence-corrected chi connectivity index (χ0v) is 28.6. The quantitative estimate of drug-likeness (QED) is 0.171. The van der Waals surface area contributed by atoms with Gasteiger partial charge >= 0.3 is 58.4 Å². The summed E-state index contributed by atoms with van der Waals surface area (Å²) >= 11 is 7.28. The summed E-state index contributed by atoms with van der Waals surface area (Å²) in [5, 5.41) is 0. The normalized spacial score (nSPS) is 8.34. The van der Waals surface area contributed by atoms with Crippen LogP contribution in [0.5, 0.6) is 0 Å². The SMILES string of the molecule is Cc1cc[c-]cc1.Cc1cc[c-]cc1.Cc1cc[c-]cc1.[O-]P([O-])(=S)[S-].[Zn+2].[Zn+2].[Zn+2]. The van der Waals surface area contributed by atoms with E-state index in [2.05, 4.69) is 63.0 Å². The first kappa shape index (κ1) is 36.8. The maximum absolute atomic E-state index is 9.29. The number of benzene rings is 3. The first-order valence-corrected chi connectivity index (χ1v) is 11.3. The number of hydrogen-bond acceptors (Lipinski definition) is 4. The summed E-state index contributed by atoms with van der Waals surface area (Å²) in [7, 11) is 0. The van der Waals surface area contributed by atoms with Crippen molar-refractivity contribution in [1.82, 2.24) is 0 Å². The molecule has 0 fully saturated rings. The Kier molecular flexibility index (Phi) is 29.3. The molecule has 3 aromatic carbocycles. The third kappa shape index (κ3) is 33.3. The molecule has 0 N–H and O–H groups in total. The van der Waals surface area contributed by atoms with Crippen molar-refractivity contribution in [3.63, 3.8) is 0 Å². The van der Waals surface area contributed by atoms with Gasteiger partial charge in [0.05, 0.1) is 0 Å². The molecule has 2 nitrogen and oxygen atoms in total. The molecular weight excluding hydrogens is 576 g/mol. The van der Waals surface area contributed by atoms with E-state index < -0.39 is 5.69 Å². The van der Waals surface area contributed by atoms with E-state index >= 15 is 0 Å². The van der Waals surface area contributed by atoms with E-state index in [9.17, 15) is 9.79 Å². The van der Waals surface area contributed by atoms with Gasteiger partial charge in [0, 0.05) is 0 Å². The van der Waals surface area contributed by atoms with Gasteiger partial charge < -0.3 is 27.7 Å². The summed E-state index contributed by atoms with van der Waals surface area (Å²) in [5.41, 5.74) is 0.149. The Bertz CT molecular complexity index is 646. The third-order valence-electron chi connectivity index (χ3n) is 2.65. The van der Waals surface area contributed by atoms with E-state index in [-0.39, 0.29) is 58.4 Å². The molecule has 3 rings (SSSR count).